The standard InChI is InChI=1S/C16H24N2O2S/c1-16(2,3)21-11-14(19)17-10-12-6-8-13(9-7-12)15(20)18(4)5/h6-9H,10-11H2,1-5H3,(H,17,19). The molecule has 0 spiro atoms. The third-order valence-corrected chi connectivity index (χ3v) is 4.01. The zero-order chi connectivity index (χ0) is 16.0. The Kier molecular flexibility index (Phi) is 6.27. The van der Waals surface area contributed by atoms with Gasteiger partial charge in [-0.2, -0.15) is 0 Å². The SMILES string of the molecule is CN(C)C(=O)c1ccc(CNC(=O)CSC(C)(C)C)cc1. The molecule has 0 bridgehead atoms. The molecular formula is C16H24N2O2S. The van der Waals surface area contributed by atoms with Gasteiger partial charge in [0.1, 0.15) is 0 Å². The monoisotopic (exact) mass is 308 g/mol. The van der Waals surface area contributed by atoms with Crippen molar-refractivity contribution < 1.29 is 9.59 Å². The number of hydrogen-bond donors (Lipinski definition) is 1. The Balaban J connectivity index is 2.46. The second kappa shape index (κ2) is 7.50. The summed E-state index contributed by atoms with van der Waals surface area (Å²) in [6, 6.07) is 7.31. The summed E-state index contributed by atoms with van der Waals surface area (Å²) in [6.07, 6.45) is 0. The highest BCUT2D eigenvalue weighted by atomic mass is 32.2. The summed E-state index contributed by atoms with van der Waals surface area (Å²) in [4.78, 5) is 25.0. The van der Waals surface area contributed by atoms with Crippen molar-refractivity contribution in [2.45, 2.75) is 32.1 Å². The summed E-state index contributed by atoms with van der Waals surface area (Å²) < 4.78 is 0.0888. The normalized spacial score (nSPS) is 11.1. The molecule has 1 aromatic rings. The second-order valence-corrected chi connectivity index (χ2v) is 7.88. The minimum absolute atomic E-state index is 0.0211. The number of nitrogens with zero attached hydrogens (tertiary/aromatic N) is 1. The van der Waals surface area contributed by atoms with Gasteiger partial charge >= 0.3 is 0 Å². The maximum Gasteiger partial charge on any atom is 0.253 e. The van der Waals surface area contributed by atoms with Gasteiger partial charge in [0.2, 0.25) is 5.91 Å². The van der Waals surface area contributed by atoms with Crippen LogP contribution in [-0.4, -0.2) is 41.3 Å². The highest BCUT2D eigenvalue weighted by Crippen LogP contribution is 2.22. The van der Waals surface area contributed by atoms with E-state index in [0.717, 1.165) is 5.56 Å². The molecule has 0 radical (unpaired) electrons. The quantitative estimate of drug-likeness (QED) is 0.909. The molecule has 2 amide bonds. The minimum atomic E-state index is -0.0211. The number of benzene rings is 1. The van der Waals surface area contributed by atoms with E-state index in [1.165, 1.54) is 0 Å². The van der Waals surface area contributed by atoms with Crippen LogP contribution in [0.5, 0.6) is 0 Å². The number of carbonyl (C=O) groups excluding carboxylic acids is 2. The van der Waals surface area contributed by atoms with Gasteiger partial charge in [-0.25, -0.2) is 0 Å². The Hall–Kier alpha value is -1.49. The van der Waals surface area contributed by atoms with Gasteiger partial charge in [-0.3, -0.25) is 9.59 Å². The Bertz CT molecular complexity index is 490. The van der Waals surface area contributed by atoms with Crippen molar-refractivity contribution in [1.29, 1.82) is 0 Å². The largest absolute Gasteiger partial charge is 0.351 e. The van der Waals surface area contributed by atoms with Crippen LogP contribution >= 0.6 is 11.8 Å². The molecule has 0 saturated heterocycles. The highest BCUT2D eigenvalue weighted by Gasteiger charge is 2.13. The van der Waals surface area contributed by atoms with Crippen LogP contribution in [0.25, 0.3) is 0 Å². The number of amides is 2. The van der Waals surface area contributed by atoms with Gasteiger partial charge < -0.3 is 10.2 Å². The summed E-state index contributed by atoms with van der Waals surface area (Å²) >= 11 is 1.62. The summed E-state index contributed by atoms with van der Waals surface area (Å²) in [5.74, 6) is 0.469. The van der Waals surface area contributed by atoms with Crippen LogP contribution < -0.4 is 5.32 Å². The van der Waals surface area contributed by atoms with E-state index in [1.54, 1.807) is 42.9 Å². The first-order valence-corrected chi connectivity index (χ1v) is 7.89. The van der Waals surface area contributed by atoms with Crippen LogP contribution in [-0.2, 0) is 11.3 Å². The molecule has 116 valence electrons. The number of rotatable bonds is 5. The fraction of sp³-hybridized carbons (Fsp3) is 0.500. The third kappa shape index (κ3) is 6.67. The molecule has 5 heteroatoms. The maximum absolute atomic E-state index is 11.8. The Morgan fingerprint density at radius 2 is 1.71 bits per heavy atom. The lowest BCUT2D eigenvalue weighted by Gasteiger charge is -2.17. The molecule has 0 unspecified atom stereocenters. The van der Waals surface area contributed by atoms with Gasteiger partial charge in [-0.05, 0) is 17.7 Å². The van der Waals surface area contributed by atoms with Gasteiger partial charge in [0, 0.05) is 31.0 Å². The Labute approximate surface area is 131 Å². The number of hydrogen-bond acceptors (Lipinski definition) is 3. The van der Waals surface area contributed by atoms with Crippen LogP contribution in [0.2, 0.25) is 0 Å². The predicted molar refractivity (Wildman–Crippen MR) is 88.5 cm³/mol. The van der Waals surface area contributed by atoms with Crippen LogP contribution in [0.4, 0.5) is 0 Å². The second-order valence-electron chi connectivity index (χ2n) is 6.07. The van der Waals surface area contributed by atoms with E-state index >= 15 is 0 Å². The molecule has 0 aliphatic heterocycles. The van der Waals surface area contributed by atoms with Crippen LogP contribution in [0, 0.1) is 0 Å². The molecule has 0 aliphatic rings. The van der Waals surface area contributed by atoms with Gasteiger partial charge in [0.25, 0.3) is 5.91 Å². The lowest BCUT2D eigenvalue weighted by Crippen LogP contribution is -2.26. The van der Waals surface area contributed by atoms with Crippen molar-refractivity contribution in [3.8, 4) is 0 Å². The molecule has 0 fully saturated rings. The predicted octanol–water partition coefficient (Wildman–Crippen LogP) is 2.54. The first-order valence-electron chi connectivity index (χ1n) is 6.90. The van der Waals surface area contributed by atoms with Crippen LogP contribution in [0.3, 0.4) is 0 Å². The summed E-state index contributed by atoms with van der Waals surface area (Å²) in [5.41, 5.74) is 1.64. The molecule has 0 heterocycles. The fourth-order valence-corrected chi connectivity index (χ4v) is 2.22. The molecule has 21 heavy (non-hydrogen) atoms. The van der Waals surface area contributed by atoms with E-state index in [-0.39, 0.29) is 16.6 Å². The third-order valence-electron chi connectivity index (χ3n) is 2.73. The molecule has 1 N–H and O–H groups in total. The lowest BCUT2D eigenvalue weighted by atomic mass is 10.1. The van der Waals surface area contributed by atoms with E-state index in [1.807, 2.05) is 12.1 Å². The highest BCUT2D eigenvalue weighted by molar-refractivity contribution is 8.01. The first-order chi connectivity index (χ1) is 9.69. The van der Waals surface area contributed by atoms with Crippen molar-refractivity contribution in [2.24, 2.45) is 0 Å². The van der Waals surface area contributed by atoms with Crippen molar-refractivity contribution in [3.05, 3.63) is 35.4 Å². The topological polar surface area (TPSA) is 49.4 Å². The molecule has 0 atom stereocenters. The van der Waals surface area contributed by atoms with Crippen molar-refractivity contribution in [2.75, 3.05) is 19.8 Å². The number of carbonyl (C=O) groups is 2. The minimum Gasteiger partial charge on any atom is -0.351 e. The Morgan fingerprint density at radius 1 is 1.14 bits per heavy atom. The van der Waals surface area contributed by atoms with E-state index in [2.05, 4.69) is 26.1 Å². The molecule has 0 aliphatic carbocycles. The molecular weight excluding hydrogens is 284 g/mol. The van der Waals surface area contributed by atoms with E-state index < -0.39 is 0 Å². The number of thioether (sulfide) groups is 1. The first kappa shape index (κ1) is 17.6. The van der Waals surface area contributed by atoms with E-state index in [0.29, 0.717) is 17.9 Å². The van der Waals surface area contributed by atoms with E-state index in [4.69, 9.17) is 0 Å². The average Bonchev–Trinajstić information content (AvgIpc) is 2.41. The molecule has 0 saturated carbocycles. The maximum atomic E-state index is 11.8. The van der Waals surface area contributed by atoms with Crippen molar-refractivity contribution in [1.82, 2.24) is 10.2 Å². The molecule has 4 nitrogen and oxygen atoms in total. The lowest BCUT2D eigenvalue weighted by molar-refractivity contribution is -0.118. The smallest absolute Gasteiger partial charge is 0.253 e. The van der Waals surface area contributed by atoms with Gasteiger partial charge in [-0.1, -0.05) is 32.9 Å². The fourth-order valence-electron chi connectivity index (χ4n) is 1.56. The Morgan fingerprint density at radius 3 is 2.19 bits per heavy atom. The van der Waals surface area contributed by atoms with Gasteiger partial charge in [0.05, 0.1) is 5.75 Å². The van der Waals surface area contributed by atoms with Gasteiger partial charge in [-0.15, -0.1) is 11.8 Å². The van der Waals surface area contributed by atoms with E-state index in [9.17, 15) is 9.59 Å². The zero-order valence-electron chi connectivity index (χ0n) is 13.4. The van der Waals surface area contributed by atoms with Crippen molar-refractivity contribution >= 4 is 23.6 Å². The molecule has 0 aromatic heterocycles. The average molecular weight is 308 g/mol. The summed E-state index contributed by atoms with van der Waals surface area (Å²) in [7, 11) is 3.45. The van der Waals surface area contributed by atoms with Crippen molar-refractivity contribution in [3.63, 3.8) is 0 Å². The molecule has 1 aromatic carbocycles. The molecule has 1 rings (SSSR count). The van der Waals surface area contributed by atoms with Crippen LogP contribution in [0.15, 0.2) is 24.3 Å². The zero-order valence-corrected chi connectivity index (χ0v) is 14.2. The van der Waals surface area contributed by atoms with Gasteiger partial charge in [0.15, 0.2) is 0 Å². The summed E-state index contributed by atoms with van der Waals surface area (Å²) in [6.45, 7) is 6.75. The summed E-state index contributed by atoms with van der Waals surface area (Å²) in [5, 5.41) is 2.89. The number of nitrogens with one attached hydrogen (secondary N) is 1. The van der Waals surface area contributed by atoms with Crippen LogP contribution in [0.1, 0.15) is 36.7 Å².